The maximum atomic E-state index is 11.6. The van der Waals surface area contributed by atoms with Crippen molar-refractivity contribution >= 4 is 17.6 Å². The van der Waals surface area contributed by atoms with Crippen LogP contribution in [0.15, 0.2) is 36.7 Å². The first kappa shape index (κ1) is 14.1. The van der Waals surface area contributed by atoms with E-state index in [1.165, 1.54) is 4.90 Å². The van der Waals surface area contributed by atoms with E-state index in [0.717, 1.165) is 16.8 Å². The van der Waals surface area contributed by atoms with Crippen molar-refractivity contribution in [3.8, 4) is 0 Å². The number of urea groups is 1. The molecule has 1 fully saturated rings. The summed E-state index contributed by atoms with van der Waals surface area (Å²) in [7, 11) is 1.88. The molecule has 1 aliphatic rings. The van der Waals surface area contributed by atoms with Crippen LogP contribution in [0.4, 0.5) is 10.5 Å². The van der Waals surface area contributed by atoms with Gasteiger partial charge < -0.3 is 10.6 Å². The van der Waals surface area contributed by atoms with Gasteiger partial charge in [-0.3, -0.25) is 14.4 Å². The maximum Gasteiger partial charge on any atom is 0.324 e. The van der Waals surface area contributed by atoms with Crippen LogP contribution >= 0.6 is 0 Å². The van der Waals surface area contributed by atoms with E-state index < -0.39 is 0 Å². The number of anilines is 1. The Morgan fingerprint density at radius 2 is 2.18 bits per heavy atom. The highest BCUT2D eigenvalue weighted by atomic mass is 16.2. The molecule has 1 aromatic carbocycles. The lowest BCUT2D eigenvalue weighted by molar-refractivity contribution is -0.125. The van der Waals surface area contributed by atoms with E-state index in [9.17, 15) is 9.59 Å². The summed E-state index contributed by atoms with van der Waals surface area (Å²) >= 11 is 0. The molecule has 2 N–H and O–H groups in total. The van der Waals surface area contributed by atoms with Gasteiger partial charge in [0.15, 0.2) is 0 Å². The van der Waals surface area contributed by atoms with Gasteiger partial charge >= 0.3 is 6.03 Å². The fourth-order valence-electron chi connectivity index (χ4n) is 2.34. The molecule has 7 nitrogen and oxygen atoms in total. The molecule has 0 radical (unpaired) electrons. The summed E-state index contributed by atoms with van der Waals surface area (Å²) in [5.74, 6) is -0.196. The number of amides is 3. The van der Waals surface area contributed by atoms with Gasteiger partial charge in [-0.2, -0.15) is 5.10 Å². The number of benzene rings is 1. The minimum Gasteiger partial charge on any atom is -0.381 e. The first-order chi connectivity index (χ1) is 10.6. The smallest absolute Gasteiger partial charge is 0.324 e. The van der Waals surface area contributed by atoms with Crippen molar-refractivity contribution < 1.29 is 9.59 Å². The second kappa shape index (κ2) is 5.88. The van der Waals surface area contributed by atoms with Gasteiger partial charge in [0, 0.05) is 31.0 Å². The molecule has 0 saturated carbocycles. The van der Waals surface area contributed by atoms with E-state index in [4.69, 9.17) is 0 Å². The van der Waals surface area contributed by atoms with Crippen LogP contribution in [0.3, 0.4) is 0 Å². The molecule has 7 heteroatoms. The summed E-state index contributed by atoms with van der Waals surface area (Å²) in [6.45, 7) is 1.03. The standard InChI is InChI=1S/C15H17N5O2/c1-19-9-12(7-18-19)6-16-13-4-2-3-11(5-13)10-20-14(21)8-17-15(20)22/h2-5,7,9,16H,6,8,10H2,1H3,(H,17,22). The number of nitrogens with one attached hydrogen (secondary N) is 2. The fourth-order valence-corrected chi connectivity index (χ4v) is 2.34. The van der Waals surface area contributed by atoms with Crippen LogP contribution < -0.4 is 10.6 Å². The van der Waals surface area contributed by atoms with E-state index in [-0.39, 0.29) is 25.0 Å². The highest BCUT2D eigenvalue weighted by Gasteiger charge is 2.28. The molecular weight excluding hydrogens is 282 g/mol. The Bertz CT molecular complexity index is 693. The molecule has 0 aliphatic carbocycles. The minimum absolute atomic E-state index is 0.0811. The molecule has 114 valence electrons. The van der Waals surface area contributed by atoms with Gasteiger partial charge in [-0.05, 0) is 17.7 Å². The number of hydrogen-bond donors (Lipinski definition) is 2. The molecule has 2 heterocycles. The van der Waals surface area contributed by atoms with E-state index in [0.29, 0.717) is 6.54 Å². The molecule has 22 heavy (non-hydrogen) atoms. The van der Waals surface area contributed by atoms with Crippen LogP contribution in [0.25, 0.3) is 0 Å². The zero-order valence-corrected chi connectivity index (χ0v) is 12.2. The van der Waals surface area contributed by atoms with E-state index in [1.807, 2.05) is 43.7 Å². The molecule has 3 amide bonds. The van der Waals surface area contributed by atoms with Crippen LogP contribution in [0.2, 0.25) is 0 Å². The number of aryl methyl sites for hydroxylation is 1. The molecular formula is C15H17N5O2. The topological polar surface area (TPSA) is 79.3 Å². The normalized spacial score (nSPS) is 14.3. The lowest BCUT2D eigenvalue weighted by Crippen LogP contribution is -2.30. The van der Waals surface area contributed by atoms with Crippen molar-refractivity contribution in [1.29, 1.82) is 0 Å². The number of carbonyl (C=O) groups excluding carboxylic acids is 2. The van der Waals surface area contributed by atoms with Crippen LogP contribution in [0, 0.1) is 0 Å². The SMILES string of the molecule is Cn1cc(CNc2cccc(CN3C(=O)CNC3=O)c2)cn1. The third-order valence-electron chi connectivity index (χ3n) is 3.46. The summed E-state index contributed by atoms with van der Waals surface area (Å²) < 4.78 is 1.75. The Labute approximate surface area is 127 Å². The Morgan fingerprint density at radius 3 is 2.86 bits per heavy atom. The number of hydrogen-bond acceptors (Lipinski definition) is 4. The van der Waals surface area contributed by atoms with Crippen LogP contribution in [-0.2, 0) is 24.9 Å². The number of imide groups is 1. The van der Waals surface area contributed by atoms with Gasteiger partial charge in [0.1, 0.15) is 0 Å². The van der Waals surface area contributed by atoms with Crippen LogP contribution in [0.1, 0.15) is 11.1 Å². The molecule has 3 rings (SSSR count). The number of carbonyl (C=O) groups is 2. The predicted molar refractivity (Wildman–Crippen MR) is 80.9 cm³/mol. The number of aromatic nitrogens is 2. The van der Waals surface area contributed by atoms with Crippen molar-refractivity contribution in [3.05, 3.63) is 47.8 Å². The first-order valence-corrected chi connectivity index (χ1v) is 7.00. The molecule has 0 atom stereocenters. The number of rotatable bonds is 5. The van der Waals surface area contributed by atoms with Gasteiger partial charge in [0.05, 0.1) is 19.3 Å². The monoisotopic (exact) mass is 299 g/mol. The third kappa shape index (κ3) is 3.08. The molecule has 0 bridgehead atoms. The van der Waals surface area contributed by atoms with Crippen molar-refractivity contribution in [3.63, 3.8) is 0 Å². The minimum atomic E-state index is -0.335. The van der Waals surface area contributed by atoms with Gasteiger partial charge in [0.2, 0.25) is 5.91 Å². The molecule has 1 aliphatic heterocycles. The van der Waals surface area contributed by atoms with Gasteiger partial charge in [-0.1, -0.05) is 12.1 Å². The summed E-state index contributed by atoms with van der Waals surface area (Å²) in [5.41, 5.74) is 2.93. The summed E-state index contributed by atoms with van der Waals surface area (Å²) in [6, 6.07) is 7.35. The Kier molecular flexibility index (Phi) is 3.78. The quantitative estimate of drug-likeness (QED) is 0.810. The van der Waals surface area contributed by atoms with E-state index in [2.05, 4.69) is 15.7 Å². The maximum absolute atomic E-state index is 11.6. The molecule has 0 unspecified atom stereocenters. The average Bonchev–Trinajstić information content (AvgIpc) is 3.06. The number of nitrogens with zero attached hydrogens (tertiary/aromatic N) is 3. The van der Waals surface area contributed by atoms with Crippen molar-refractivity contribution in [2.24, 2.45) is 7.05 Å². The van der Waals surface area contributed by atoms with Crippen molar-refractivity contribution in [2.75, 3.05) is 11.9 Å². The second-order valence-electron chi connectivity index (χ2n) is 5.21. The molecule has 0 spiro atoms. The predicted octanol–water partition coefficient (Wildman–Crippen LogP) is 1.08. The summed E-state index contributed by atoms with van der Waals surface area (Å²) in [4.78, 5) is 24.4. The van der Waals surface area contributed by atoms with Gasteiger partial charge in [-0.25, -0.2) is 4.79 Å². The average molecular weight is 299 g/mol. The fraction of sp³-hybridized carbons (Fsp3) is 0.267. The van der Waals surface area contributed by atoms with Crippen LogP contribution in [-0.4, -0.2) is 33.2 Å². The lowest BCUT2D eigenvalue weighted by atomic mass is 10.2. The lowest BCUT2D eigenvalue weighted by Gasteiger charge is -2.13. The third-order valence-corrected chi connectivity index (χ3v) is 3.46. The largest absolute Gasteiger partial charge is 0.381 e. The molecule has 2 aromatic rings. The van der Waals surface area contributed by atoms with Crippen molar-refractivity contribution in [1.82, 2.24) is 20.0 Å². The highest BCUT2D eigenvalue weighted by Crippen LogP contribution is 2.15. The summed E-state index contributed by atoms with van der Waals surface area (Å²) in [6.07, 6.45) is 3.76. The van der Waals surface area contributed by atoms with Gasteiger partial charge in [0.25, 0.3) is 0 Å². The Hall–Kier alpha value is -2.83. The highest BCUT2D eigenvalue weighted by molar-refractivity contribution is 6.01. The Morgan fingerprint density at radius 1 is 1.32 bits per heavy atom. The molecule has 1 saturated heterocycles. The van der Waals surface area contributed by atoms with E-state index in [1.54, 1.807) is 4.68 Å². The summed E-state index contributed by atoms with van der Waals surface area (Å²) in [5, 5.41) is 9.94. The Balaban J connectivity index is 1.64. The second-order valence-corrected chi connectivity index (χ2v) is 5.21. The zero-order valence-electron chi connectivity index (χ0n) is 12.2. The first-order valence-electron chi connectivity index (χ1n) is 7.00. The van der Waals surface area contributed by atoms with E-state index >= 15 is 0 Å². The van der Waals surface area contributed by atoms with Crippen molar-refractivity contribution in [2.45, 2.75) is 13.1 Å². The molecule has 1 aromatic heterocycles. The zero-order chi connectivity index (χ0) is 15.5. The van der Waals surface area contributed by atoms with Gasteiger partial charge in [-0.15, -0.1) is 0 Å². The van der Waals surface area contributed by atoms with Crippen LogP contribution in [0.5, 0.6) is 0 Å².